The van der Waals surface area contributed by atoms with Crippen molar-refractivity contribution in [1.29, 1.82) is 0 Å². The van der Waals surface area contributed by atoms with Crippen LogP contribution in [0.2, 0.25) is 0 Å². The van der Waals surface area contributed by atoms with Crippen molar-refractivity contribution in [3.63, 3.8) is 0 Å². The van der Waals surface area contributed by atoms with Crippen molar-refractivity contribution in [2.45, 2.75) is 32.6 Å². The fourth-order valence-corrected chi connectivity index (χ4v) is 4.32. The molecule has 1 aliphatic rings. The summed E-state index contributed by atoms with van der Waals surface area (Å²) in [6.07, 6.45) is -1.81. The number of halogens is 3. The van der Waals surface area contributed by atoms with E-state index in [1.54, 1.807) is 0 Å². The molecule has 4 aromatic rings. The van der Waals surface area contributed by atoms with Crippen LogP contribution in [0.4, 0.5) is 13.2 Å². The van der Waals surface area contributed by atoms with E-state index in [0.717, 1.165) is 24.2 Å². The average Bonchev–Trinajstić information content (AvgIpc) is 3.17. The predicted octanol–water partition coefficient (Wildman–Crippen LogP) is 4.80. The van der Waals surface area contributed by atoms with E-state index in [-0.39, 0.29) is 11.4 Å². The highest BCUT2D eigenvalue weighted by molar-refractivity contribution is 5.85. The monoisotopic (exact) mass is 438 g/mol. The van der Waals surface area contributed by atoms with Crippen molar-refractivity contribution in [2.75, 3.05) is 6.54 Å². The molecule has 5 nitrogen and oxygen atoms in total. The van der Waals surface area contributed by atoms with Crippen LogP contribution in [0.3, 0.4) is 0 Å². The van der Waals surface area contributed by atoms with Crippen LogP contribution in [0.5, 0.6) is 0 Å². The van der Waals surface area contributed by atoms with Gasteiger partial charge in [-0.05, 0) is 36.6 Å². The zero-order valence-corrected chi connectivity index (χ0v) is 17.4. The number of nitrogens with zero attached hydrogens (tertiary/aromatic N) is 2. The first-order valence-corrected chi connectivity index (χ1v) is 10.4. The van der Waals surface area contributed by atoms with Crippen LogP contribution in [0.15, 0.2) is 53.5 Å². The van der Waals surface area contributed by atoms with Crippen molar-refractivity contribution >= 4 is 10.9 Å². The number of para-hydroxylation sites is 1. The smallest absolute Gasteiger partial charge is 0.361 e. The van der Waals surface area contributed by atoms with E-state index >= 15 is 0 Å². The van der Waals surface area contributed by atoms with Crippen molar-refractivity contribution in [3.8, 4) is 11.4 Å². The summed E-state index contributed by atoms with van der Waals surface area (Å²) in [5.41, 5.74) is 4.29. The van der Waals surface area contributed by atoms with Crippen LogP contribution < -0.4 is 5.56 Å². The van der Waals surface area contributed by atoms with Gasteiger partial charge in [0.05, 0.1) is 11.3 Å². The third kappa shape index (κ3) is 3.71. The van der Waals surface area contributed by atoms with E-state index in [9.17, 15) is 18.0 Å². The first-order chi connectivity index (χ1) is 15.3. The molecule has 0 saturated carbocycles. The molecule has 0 fully saturated rings. The Morgan fingerprint density at radius 2 is 1.91 bits per heavy atom. The largest absolute Gasteiger partial charge is 0.416 e. The van der Waals surface area contributed by atoms with Crippen molar-refractivity contribution in [3.05, 3.63) is 87.0 Å². The summed E-state index contributed by atoms with van der Waals surface area (Å²) in [4.78, 5) is 25.5. The molecule has 2 aromatic heterocycles. The van der Waals surface area contributed by atoms with Crippen LogP contribution in [-0.4, -0.2) is 26.4 Å². The molecule has 0 saturated heterocycles. The van der Waals surface area contributed by atoms with E-state index in [1.807, 2.05) is 12.3 Å². The average molecular weight is 438 g/mol. The van der Waals surface area contributed by atoms with E-state index < -0.39 is 11.7 Å². The molecule has 3 heterocycles. The Hall–Kier alpha value is -3.39. The highest BCUT2D eigenvalue weighted by Crippen LogP contribution is 2.30. The van der Waals surface area contributed by atoms with Gasteiger partial charge in [0, 0.05) is 47.9 Å². The minimum atomic E-state index is -4.41. The molecule has 2 aromatic carbocycles. The Bertz CT molecular complexity index is 1350. The summed E-state index contributed by atoms with van der Waals surface area (Å²) >= 11 is 0. The van der Waals surface area contributed by atoms with E-state index in [1.165, 1.54) is 28.6 Å². The number of alkyl halides is 3. The molecule has 0 radical (unpaired) electrons. The van der Waals surface area contributed by atoms with Crippen molar-refractivity contribution < 1.29 is 13.2 Å². The Morgan fingerprint density at radius 3 is 2.66 bits per heavy atom. The van der Waals surface area contributed by atoms with Crippen LogP contribution >= 0.6 is 0 Å². The molecule has 8 heteroatoms. The summed E-state index contributed by atoms with van der Waals surface area (Å²) in [7, 11) is 0. The maximum atomic E-state index is 12.8. The second kappa shape index (κ2) is 7.63. The Labute approximate surface area is 181 Å². The highest BCUT2D eigenvalue weighted by Gasteiger charge is 2.30. The predicted molar refractivity (Wildman–Crippen MR) is 116 cm³/mol. The van der Waals surface area contributed by atoms with Crippen LogP contribution in [0, 0.1) is 6.92 Å². The van der Waals surface area contributed by atoms with Gasteiger partial charge in [-0.15, -0.1) is 0 Å². The summed E-state index contributed by atoms with van der Waals surface area (Å²) in [5, 5.41) is 1.18. The lowest BCUT2D eigenvalue weighted by Gasteiger charge is -2.27. The Kier molecular flexibility index (Phi) is 4.89. The molecule has 32 heavy (non-hydrogen) atoms. The molecule has 1 aliphatic heterocycles. The summed E-state index contributed by atoms with van der Waals surface area (Å²) in [5.74, 6) is 0.284. The molecule has 0 bridgehead atoms. The molecule has 0 aliphatic carbocycles. The zero-order valence-electron chi connectivity index (χ0n) is 17.4. The summed E-state index contributed by atoms with van der Waals surface area (Å²) < 4.78 is 38.5. The number of hydrogen-bond acceptors (Lipinski definition) is 3. The van der Waals surface area contributed by atoms with Crippen molar-refractivity contribution in [2.24, 2.45) is 0 Å². The number of rotatable bonds is 3. The van der Waals surface area contributed by atoms with Gasteiger partial charge in [0.15, 0.2) is 0 Å². The van der Waals surface area contributed by atoms with E-state index in [2.05, 4.69) is 38.9 Å². The SMILES string of the molecule is Cc1cccc2c(CN3CCc4c(nc(-c5ccc(C(F)(F)F)cc5)[nH]c4=O)C3)c[nH]c12. The Morgan fingerprint density at radius 1 is 1.12 bits per heavy atom. The lowest BCUT2D eigenvalue weighted by Crippen LogP contribution is -2.35. The van der Waals surface area contributed by atoms with Gasteiger partial charge < -0.3 is 9.97 Å². The number of fused-ring (bicyclic) bond motifs is 2. The number of H-pyrrole nitrogens is 2. The number of aromatic amines is 2. The van der Waals surface area contributed by atoms with Gasteiger partial charge in [0.2, 0.25) is 0 Å². The molecule has 0 spiro atoms. The van der Waals surface area contributed by atoms with Gasteiger partial charge in [0.25, 0.3) is 5.56 Å². The molecule has 0 unspecified atom stereocenters. The van der Waals surface area contributed by atoms with Gasteiger partial charge in [-0.2, -0.15) is 13.2 Å². The minimum absolute atomic E-state index is 0.229. The van der Waals surface area contributed by atoms with Gasteiger partial charge in [-0.1, -0.05) is 30.3 Å². The van der Waals surface area contributed by atoms with Gasteiger partial charge >= 0.3 is 6.18 Å². The Balaban J connectivity index is 1.42. The quantitative estimate of drug-likeness (QED) is 0.483. The second-order valence-electron chi connectivity index (χ2n) is 8.19. The fourth-order valence-electron chi connectivity index (χ4n) is 4.32. The maximum absolute atomic E-state index is 12.8. The normalized spacial score (nSPS) is 14.6. The van der Waals surface area contributed by atoms with Gasteiger partial charge in [-0.3, -0.25) is 9.69 Å². The summed E-state index contributed by atoms with van der Waals surface area (Å²) in [6.45, 7) is 4.02. The molecule has 164 valence electrons. The van der Waals surface area contributed by atoms with Crippen LogP contribution in [0.25, 0.3) is 22.3 Å². The lowest BCUT2D eigenvalue weighted by molar-refractivity contribution is -0.137. The first-order valence-electron chi connectivity index (χ1n) is 10.4. The minimum Gasteiger partial charge on any atom is -0.361 e. The topological polar surface area (TPSA) is 64.8 Å². The number of hydrogen-bond donors (Lipinski definition) is 2. The maximum Gasteiger partial charge on any atom is 0.416 e. The third-order valence-electron chi connectivity index (χ3n) is 6.04. The molecular weight excluding hydrogens is 417 g/mol. The molecule has 0 amide bonds. The van der Waals surface area contributed by atoms with E-state index in [0.29, 0.717) is 36.3 Å². The highest BCUT2D eigenvalue weighted by atomic mass is 19.4. The van der Waals surface area contributed by atoms with E-state index in [4.69, 9.17) is 0 Å². The standard InChI is InChI=1S/C24H21F3N4O/c1-14-3-2-4-18-16(11-28-21(14)18)12-31-10-9-19-20(13-31)29-22(30-23(19)32)15-5-7-17(8-6-15)24(25,26)27/h2-8,11,28H,9-10,12-13H2,1H3,(H,29,30,32). The van der Waals surface area contributed by atoms with Crippen molar-refractivity contribution in [1.82, 2.24) is 19.9 Å². The lowest BCUT2D eigenvalue weighted by atomic mass is 10.0. The van der Waals surface area contributed by atoms with Crippen LogP contribution in [-0.2, 0) is 25.7 Å². The summed E-state index contributed by atoms with van der Waals surface area (Å²) in [6, 6.07) is 10.9. The molecule has 0 atom stereocenters. The first kappa shape index (κ1) is 20.5. The molecule has 5 rings (SSSR count). The number of aryl methyl sites for hydroxylation is 1. The van der Waals surface area contributed by atoms with Gasteiger partial charge in [0.1, 0.15) is 5.82 Å². The van der Waals surface area contributed by atoms with Gasteiger partial charge in [-0.25, -0.2) is 4.98 Å². The third-order valence-corrected chi connectivity index (χ3v) is 6.04. The molecule has 2 N–H and O–H groups in total. The van der Waals surface area contributed by atoms with Crippen LogP contribution in [0.1, 0.15) is 27.9 Å². The number of benzene rings is 2. The molecular formula is C24H21F3N4O. The number of nitrogens with one attached hydrogen (secondary N) is 2. The zero-order chi connectivity index (χ0) is 22.5. The number of aromatic nitrogens is 3. The second-order valence-corrected chi connectivity index (χ2v) is 8.19. The fraction of sp³-hybridized carbons (Fsp3) is 0.250.